The number of likely N-dealkylation sites (N-methyl/N-ethyl adjacent to an activating group) is 1. The van der Waals surface area contributed by atoms with Gasteiger partial charge in [0.2, 0.25) is 5.91 Å². The molecule has 0 bridgehead atoms. The molecule has 0 spiro atoms. The Kier molecular flexibility index (Phi) is 6.15. The van der Waals surface area contributed by atoms with Crippen LogP contribution in [0.4, 0.5) is 5.69 Å². The number of hydrogen-bond acceptors (Lipinski definition) is 5. The summed E-state index contributed by atoms with van der Waals surface area (Å²) in [6, 6.07) is 23.3. The lowest BCUT2D eigenvalue weighted by Crippen LogP contribution is -2.46. The number of fused-ring (bicyclic) bond motifs is 1. The van der Waals surface area contributed by atoms with Crippen LogP contribution in [0.25, 0.3) is 0 Å². The highest BCUT2D eigenvalue weighted by atomic mass is 32.2. The Morgan fingerprint density at radius 1 is 0.875 bits per heavy atom. The molecule has 32 heavy (non-hydrogen) atoms. The van der Waals surface area contributed by atoms with Gasteiger partial charge in [-0.25, -0.2) is 0 Å². The summed E-state index contributed by atoms with van der Waals surface area (Å²) in [5.41, 5.74) is 2.05. The molecule has 1 amide bonds. The number of para-hydroxylation sites is 1. The van der Waals surface area contributed by atoms with Gasteiger partial charge < -0.3 is 9.64 Å². The minimum atomic E-state index is -4.05. The Morgan fingerprint density at radius 2 is 1.53 bits per heavy atom. The van der Waals surface area contributed by atoms with Gasteiger partial charge in [0.15, 0.2) is 0 Å². The molecule has 4 rings (SSSR count). The SMILES string of the molecule is Cc1ccc(S(=O)(=O)OC[C@@]2(COCc3ccccc3)C(=O)N(C)c3ccccc32)cc1. The van der Waals surface area contributed by atoms with Crippen molar-refractivity contribution >= 4 is 21.7 Å². The molecule has 0 saturated heterocycles. The quantitative estimate of drug-likeness (QED) is 0.487. The third-order valence-electron chi connectivity index (χ3n) is 5.73. The van der Waals surface area contributed by atoms with Gasteiger partial charge in [-0.05, 0) is 36.2 Å². The summed E-state index contributed by atoms with van der Waals surface area (Å²) < 4.78 is 37.1. The Balaban J connectivity index is 1.62. The zero-order valence-corrected chi connectivity index (χ0v) is 18.8. The number of carbonyl (C=O) groups is 1. The topological polar surface area (TPSA) is 72.9 Å². The number of benzene rings is 3. The predicted octanol–water partition coefficient (Wildman–Crippen LogP) is 3.83. The Bertz CT molecular complexity index is 1210. The highest BCUT2D eigenvalue weighted by Crippen LogP contribution is 2.42. The largest absolute Gasteiger partial charge is 0.375 e. The predicted molar refractivity (Wildman–Crippen MR) is 122 cm³/mol. The van der Waals surface area contributed by atoms with Crippen LogP contribution in [-0.2, 0) is 35.9 Å². The molecule has 1 heterocycles. The minimum Gasteiger partial charge on any atom is -0.375 e. The fourth-order valence-electron chi connectivity index (χ4n) is 3.91. The molecule has 1 atom stereocenters. The van der Waals surface area contributed by atoms with E-state index >= 15 is 0 Å². The Morgan fingerprint density at radius 3 is 2.25 bits per heavy atom. The first-order valence-corrected chi connectivity index (χ1v) is 11.7. The van der Waals surface area contributed by atoms with Crippen LogP contribution < -0.4 is 4.90 Å². The summed E-state index contributed by atoms with van der Waals surface area (Å²) in [6.07, 6.45) is 0. The molecule has 0 unspecified atom stereocenters. The van der Waals surface area contributed by atoms with Crippen LogP contribution in [-0.4, -0.2) is 34.6 Å². The molecule has 166 valence electrons. The van der Waals surface area contributed by atoms with Crippen LogP contribution in [0.2, 0.25) is 0 Å². The van der Waals surface area contributed by atoms with E-state index in [4.69, 9.17) is 8.92 Å². The van der Waals surface area contributed by atoms with Crippen LogP contribution in [0.3, 0.4) is 0 Å². The summed E-state index contributed by atoms with van der Waals surface area (Å²) in [6.45, 7) is 1.82. The van der Waals surface area contributed by atoms with Crippen molar-refractivity contribution in [3.63, 3.8) is 0 Å². The second-order valence-electron chi connectivity index (χ2n) is 7.97. The van der Waals surface area contributed by atoms with E-state index in [1.807, 2.05) is 61.5 Å². The Hall–Kier alpha value is -3.00. The highest BCUT2D eigenvalue weighted by molar-refractivity contribution is 7.86. The van der Waals surface area contributed by atoms with Crippen molar-refractivity contribution in [2.45, 2.75) is 23.8 Å². The van der Waals surface area contributed by atoms with Crippen LogP contribution in [0.5, 0.6) is 0 Å². The summed E-state index contributed by atoms with van der Waals surface area (Å²) in [5, 5.41) is 0. The second kappa shape index (κ2) is 8.86. The highest BCUT2D eigenvalue weighted by Gasteiger charge is 2.51. The first-order chi connectivity index (χ1) is 15.3. The minimum absolute atomic E-state index is 0.00843. The van der Waals surface area contributed by atoms with Gasteiger partial charge in [0.1, 0.15) is 5.41 Å². The van der Waals surface area contributed by atoms with Crippen LogP contribution in [0.1, 0.15) is 16.7 Å². The molecule has 0 aromatic heterocycles. The number of hydrogen-bond donors (Lipinski definition) is 0. The normalized spacial score (nSPS) is 18.1. The van der Waals surface area contributed by atoms with Crippen LogP contribution in [0, 0.1) is 6.92 Å². The van der Waals surface area contributed by atoms with Gasteiger partial charge in [0.25, 0.3) is 10.1 Å². The number of rotatable bonds is 8. The number of carbonyl (C=O) groups excluding carboxylic acids is 1. The molecule has 3 aromatic rings. The third kappa shape index (κ3) is 4.19. The molecular formula is C25H25NO5S. The van der Waals surface area contributed by atoms with Gasteiger partial charge in [-0.2, -0.15) is 8.42 Å². The Labute approximate surface area is 188 Å². The molecule has 1 aliphatic rings. The molecule has 0 N–H and O–H groups in total. The van der Waals surface area contributed by atoms with Crippen molar-refractivity contribution in [1.82, 2.24) is 0 Å². The van der Waals surface area contributed by atoms with Crippen LogP contribution in [0.15, 0.2) is 83.8 Å². The number of aryl methyl sites for hydroxylation is 1. The standard InChI is InChI=1S/C25H25NO5S/c1-19-12-14-21(15-13-19)32(28,29)31-18-25(17-30-16-20-8-4-3-5-9-20)22-10-6-7-11-23(22)26(2)24(25)27/h3-15H,16-18H2,1-2H3/t25-/m1/s1. The maximum Gasteiger partial charge on any atom is 0.297 e. The maximum absolute atomic E-state index is 13.4. The fourth-order valence-corrected chi connectivity index (χ4v) is 4.87. The van der Waals surface area contributed by atoms with Gasteiger partial charge in [0.05, 0.1) is 24.7 Å². The number of ether oxygens (including phenoxy) is 1. The lowest BCUT2D eigenvalue weighted by molar-refractivity contribution is -0.126. The molecule has 0 aliphatic carbocycles. The van der Waals surface area contributed by atoms with Gasteiger partial charge in [0, 0.05) is 12.7 Å². The van der Waals surface area contributed by atoms with E-state index in [1.165, 1.54) is 17.0 Å². The molecule has 3 aromatic carbocycles. The molecule has 7 heteroatoms. The molecule has 0 saturated carbocycles. The lowest BCUT2D eigenvalue weighted by atomic mass is 9.83. The number of nitrogens with zero attached hydrogens (tertiary/aromatic N) is 1. The van der Waals surface area contributed by atoms with E-state index in [0.29, 0.717) is 12.2 Å². The first-order valence-electron chi connectivity index (χ1n) is 10.3. The summed E-state index contributed by atoms with van der Waals surface area (Å²) in [7, 11) is -2.37. The van der Waals surface area contributed by atoms with Crippen molar-refractivity contribution in [2.24, 2.45) is 0 Å². The summed E-state index contributed by atoms with van der Waals surface area (Å²) in [5.74, 6) is -0.258. The maximum atomic E-state index is 13.4. The molecular weight excluding hydrogens is 426 g/mol. The second-order valence-corrected chi connectivity index (χ2v) is 9.59. The average Bonchev–Trinajstić information content (AvgIpc) is 3.01. The smallest absolute Gasteiger partial charge is 0.297 e. The fraction of sp³-hybridized carbons (Fsp3) is 0.240. The van der Waals surface area contributed by atoms with Crippen LogP contribution >= 0.6 is 0 Å². The van der Waals surface area contributed by atoms with Gasteiger partial charge in [-0.3, -0.25) is 8.98 Å². The molecule has 1 aliphatic heterocycles. The monoisotopic (exact) mass is 451 g/mol. The summed E-state index contributed by atoms with van der Waals surface area (Å²) in [4.78, 5) is 15.0. The number of amides is 1. The zero-order chi connectivity index (χ0) is 22.8. The molecule has 6 nitrogen and oxygen atoms in total. The van der Waals surface area contributed by atoms with Gasteiger partial charge in [-0.1, -0.05) is 66.2 Å². The molecule has 0 fully saturated rings. The van der Waals surface area contributed by atoms with Crippen molar-refractivity contribution in [3.8, 4) is 0 Å². The van der Waals surface area contributed by atoms with Gasteiger partial charge in [-0.15, -0.1) is 0 Å². The lowest BCUT2D eigenvalue weighted by Gasteiger charge is -2.27. The molecule has 0 radical (unpaired) electrons. The van der Waals surface area contributed by atoms with Gasteiger partial charge >= 0.3 is 0 Å². The number of anilines is 1. The van der Waals surface area contributed by atoms with E-state index in [2.05, 4.69) is 0 Å². The van der Waals surface area contributed by atoms with E-state index < -0.39 is 15.5 Å². The average molecular weight is 452 g/mol. The van der Waals surface area contributed by atoms with Crippen molar-refractivity contribution in [2.75, 3.05) is 25.2 Å². The van der Waals surface area contributed by atoms with E-state index in [0.717, 1.165) is 16.8 Å². The summed E-state index contributed by atoms with van der Waals surface area (Å²) >= 11 is 0. The zero-order valence-electron chi connectivity index (χ0n) is 18.0. The third-order valence-corrected chi connectivity index (χ3v) is 7.00. The van der Waals surface area contributed by atoms with Crippen molar-refractivity contribution < 1.29 is 22.1 Å². The van der Waals surface area contributed by atoms with E-state index in [9.17, 15) is 13.2 Å². The van der Waals surface area contributed by atoms with E-state index in [-0.39, 0.29) is 24.0 Å². The van der Waals surface area contributed by atoms with Crippen molar-refractivity contribution in [3.05, 3.63) is 95.6 Å². The van der Waals surface area contributed by atoms with E-state index in [1.54, 1.807) is 19.2 Å². The van der Waals surface area contributed by atoms with Crippen molar-refractivity contribution in [1.29, 1.82) is 0 Å². The first kappa shape index (κ1) is 22.2.